The molecule has 0 heterocycles. The number of alkyl halides is 2. The van der Waals surface area contributed by atoms with E-state index in [1.165, 1.54) is 0 Å². The summed E-state index contributed by atoms with van der Waals surface area (Å²) in [5, 5.41) is 3.33. The van der Waals surface area contributed by atoms with Crippen molar-refractivity contribution in [2.75, 3.05) is 45.6 Å². The lowest BCUT2D eigenvalue weighted by Crippen LogP contribution is -2.43. The molecule has 1 atom stereocenters. The molecule has 1 saturated carbocycles. The molecular formula is C15H30Cl2N3O3P. The van der Waals surface area contributed by atoms with E-state index in [0.717, 1.165) is 25.7 Å². The van der Waals surface area contributed by atoms with Crippen LogP contribution < -0.4 is 5.09 Å². The van der Waals surface area contributed by atoms with E-state index < -0.39 is 7.59 Å². The predicted molar refractivity (Wildman–Crippen MR) is 99.8 cm³/mol. The molecule has 1 rings (SSSR count). The fourth-order valence-corrected chi connectivity index (χ4v) is 6.00. The SMILES string of the molecule is CCOC(=O)C1CCC(NP(=O)(N(C)C)N(CCCl)CCCl)CC1. The first-order valence-electron chi connectivity index (χ1n) is 8.48. The van der Waals surface area contributed by atoms with Crippen LogP contribution in [0.3, 0.4) is 0 Å². The zero-order valence-electron chi connectivity index (χ0n) is 14.8. The van der Waals surface area contributed by atoms with Gasteiger partial charge < -0.3 is 4.74 Å². The van der Waals surface area contributed by atoms with E-state index in [2.05, 4.69) is 5.09 Å². The van der Waals surface area contributed by atoms with Crippen molar-refractivity contribution in [3.05, 3.63) is 0 Å². The number of hydrogen-bond acceptors (Lipinski definition) is 3. The molecule has 6 nitrogen and oxygen atoms in total. The molecule has 0 aliphatic heterocycles. The summed E-state index contributed by atoms with van der Waals surface area (Å²) in [5.41, 5.74) is 0. The minimum atomic E-state index is -2.93. The van der Waals surface area contributed by atoms with Crippen molar-refractivity contribution < 1.29 is 14.1 Å². The van der Waals surface area contributed by atoms with Gasteiger partial charge in [0.25, 0.3) is 7.59 Å². The second kappa shape index (κ2) is 11.0. The Morgan fingerprint density at radius 2 is 1.71 bits per heavy atom. The van der Waals surface area contributed by atoms with Crippen LogP contribution in [0.4, 0.5) is 0 Å². The van der Waals surface area contributed by atoms with Crippen molar-refractivity contribution in [3.63, 3.8) is 0 Å². The summed E-state index contributed by atoms with van der Waals surface area (Å²) < 4.78 is 22.2. The van der Waals surface area contributed by atoms with Crippen LogP contribution in [0.2, 0.25) is 0 Å². The molecule has 0 aromatic rings. The highest BCUT2D eigenvalue weighted by atomic mass is 35.5. The van der Waals surface area contributed by atoms with Gasteiger partial charge in [0.2, 0.25) is 0 Å². The monoisotopic (exact) mass is 401 g/mol. The van der Waals surface area contributed by atoms with Crippen LogP contribution in [0.5, 0.6) is 0 Å². The van der Waals surface area contributed by atoms with Crippen molar-refractivity contribution in [3.8, 4) is 0 Å². The average Bonchev–Trinajstić information content (AvgIpc) is 2.55. The first-order chi connectivity index (χ1) is 11.4. The summed E-state index contributed by atoms with van der Waals surface area (Å²) in [6, 6.07) is 0.108. The number of nitrogens with one attached hydrogen (secondary N) is 1. The molecule has 0 amide bonds. The maximum Gasteiger partial charge on any atom is 0.308 e. The normalized spacial score (nSPS) is 24.1. The fourth-order valence-electron chi connectivity index (χ4n) is 2.98. The quantitative estimate of drug-likeness (QED) is 0.344. The Balaban J connectivity index is 2.70. The second-order valence-corrected chi connectivity index (χ2v) is 9.62. The Morgan fingerprint density at radius 3 is 2.12 bits per heavy atom. The molecule has 0 aromatic carbocycles. The number of esters is 1. The maximum atomic E-state index is 13.5. The Hall–Kier alpha value is 0.160. The van der Waals surface area contributed by atoms with E-state index in [4.69, 9.17) is 27.9 Å². The van der Waals surface area contributed by atoms with Crippen LogP contribution in [0.1, 0.15) is 32.6 Å². The second-order valence-electron chi connectivity index (χ2n) is 6.15. The molecule has 1 aliphatic carbocycles. The van der Waals surface area contributed by atoms with Gasteiger partial charge in [0.05, 0.1) is 12.5 Å². The predicted octanol–water partition coefficient (Wildman–Crippen LogP) is 3.15. The average molecular weight is 402 g/mol. The van der Waals surface area contributed by atoms with Crippen molar-refractivity contribution in [2.24, 2.45) is 5.92 Å². The third-order valence-corrected chi connectivity index (χ3v) is 7.60. The van der Waals surface area contributed by atoms with E-state index in [1.807, 2.05) is 11.6 Å². The van der Waals surface area contributed by atoms with Gasteiger partial charge >= 0.3 is 5.97 Å². The summed E-state index contributed by atoms with van der Waals surface area (Å²) in [6.07, 6.45) is 3.12. The van der Waals surface area contributed by atoms with Gasteiger partial charge in [-0.3, -0.25) is 9.36 Å². The molecule has 0 spiro atoms. The Morgan fingerprint density at radius 1 is 1.17 bits per heavy atom. The number of nitrogens with zero attached hydrogens (tertiary/aromatic N) is 2. The maximum absolute atomic E-state index is 13.5. The lowest BCUT2D eigenvalue weighted by molar-refractivity contribution is -0.149. The smallest absolute Gasteiger partial charge is 0.308 e. The lowest BCUT2D eigenvalue weighted by Gasteiger charge is -2.39. The molecular weight excluding hydrogens is 372 g/mol. The van der Waals surface area contributed by atoms with E-state index in [9.17, 15) is 9.36 Å². The highest BCUT2D eigenvalue weighted by Gasteiger charge is 2.37. The topological polar surface area (TPSA) is 61.9 Å². The van der Waals surface area contributed by atoms with Crippen LogP contribution in [-0.2, 0) is 14.1 Å². The van der Waals surface area contributed by atoms with Gasteiger partial charge in [0.15, 0.2) is 0 Å². The molecule has 1 unspecified atom stereocenters. The first kappa shape index (κ1) is 22.2. The Bertz CT molecular complexity index is 426. The minimum Gasteiger partial charge on any atom is -0.466 e. The molecule has 24 heavy (non-hydrogen) atoms. The zero-order chi connectivity index (χ0) is 18.2. The number of hydrogen-bond donors (Lipinski definition) is 1. The summed E-state index contributed by atoms with van der Waals surface area (Å²) in [7, 11) is 0.671. The number of halogens is 2. The van der Waals surface area contributed by atoms with Crippen molar-refractivity contribution in [1.29, 1.82) is 0 Å². The van der Waals surface area contributed by atoms with Crippen molar-refractivity contribution >= 4 is 36.8 Å². The minimum absolute atomic E-state index is 0.0384. The largest absolute Gasteiger partial charge is 0.466 e. The number of carbonyl (C=O) groups is 1. The number of carbonyl (C=O) groups excluding carboxylic acids is 1. The number of rotatable bonds is 10. The van der Waals surface area contributed by atoms with Gasteiger partial charge in [-0.1, -0.05) is 0 Å². The van der Waals surface area contributed by atoms with Gasteiger partial charge in [-0.15, -0.1) is 23.2 Å². The van der Waals surface area contributed by atoms with Crippen molar-refractivity contribution in [1.82, 2.24) is 14.4 Å². The third-order valence-electron chi connectivity index (χ3n) is 4.31. The summed E-state index contributed by atoms with van der Waals surface area (Å²) in [5.74, 6) is 0.638. The van der Waals surface area contributed by atoms with Crippen LogP contribution in [0, 0.1) is 5.92 Å². The molecule has 0 bridgehead atoms. The van der Waals surface area contributed by atoms with Crippen LogP contribution in [0.25, 0.3) is 0 Å². The molecule has 1 fully saturated rings. The van der Waals surface area contributed by atoms with Gasteiger partial charge in [-0.05, 0) is 46.7 Å². The van der Waals surface area contributed by atoms with E-state index in [-0.39, 0.29) is 17.9 Å². The van der Waals surface area contributed by atoms with E-state index >= 15 is 0 Å². The van der Waals surface area contributed by atoms with E-state index in [1.54, 1.807) is 18.8 Å². The van der Waals surface area contributed by atoms with Crippen LogP contribution in [0.15, 0.2) is 0 Å². The molecule has 0 radical (unpaired) electrons. The summed E-state index contributed by atoms with van der Waals surface area (Å²) in [6.45, 7) is 3.25. The fraction of sp³-hybridized carbons (Fsp3) is 0.933. The van der Waals surface area contributed by atoms with Gasteiger partial charge in [0, 0.05) is 30.9 Å². The Labute approximate surface area is 155 Å². The third kappa shape index (κ3) is 6.15. The Kier molecular flexibility index (Phi) is 10.2. The highest BCUT2D eigenvalue weighted by Crippen LogP contribution is 2.48. The molecule has 142 valence electrons. The summed E-state index contributed by atoms with van der Waals surface area (Å²) in [4.78, 5) is 11.8. The van der Waals surface area contributed by atoms with Crippen LogP contribution >= 0.6 is 30.8 Å². The zero-order valence-corrected chi connectivity index (χ0v) is 17.2. The number of ether oxygens (including phenoxy) is 1. The van der Waals surface area contributed by atoms with Crippen molar-refractivity contribution in [2.45, 2.75) is 38.6 Å². The molecule has 1 aliphatic rings. The molecule has 0 saturated heterocycles. The highest BCUT2D eigenvalue weighted by molar-refractivity contribution is 7.56. The van der Waals surface area contributed by atoms with Gasteiger partial charge in [-0.25, -0.2) is 14.4 Å². The molecule has 1 N–H and O–H groups in total. The van der Waals surface area contributed by atoms with Gasteiger partial charge in [-0.2, -0.15) is 0 Å². The lowest BCUT2D eigenvalue weighted by atomic mass is 9.86. The molecule has 0 aromatic heterocycles. The first-order valence-corrected chi connectivity index (χ1v) is 11.2. The summed E-state index contributed by atoms with van der Waals surface area (Å²) >= 11 is 11.7. The molecule has 9 heteroatoms. The standard InChI is InChI=1S/C15H30Cl2N3O3P/c1-4-23-15(21)13-5-7-14(8-6-13)18-24(22,19(2)3)20(11-9-16)12-10-17/h13-14H,4-12H2,1-3H3,(H,18,22). The van der Waals surface area contributed by atoms with E-state index in [0.29, 0.717) is 31.5 Å². The van der Waals surface area contributed by atoms with Crippen LogP contribution in [-0.4, -0.2) is 66.9 Å². The van der Waals surface area contributed by atoms with Gasteiger partial charge in [0.1, 0.15) is 0 Å².